The van der Waals surface area contributed by atoms with Crippen LogP contribution in [0.3, 0.4) is 0 Å². The molecule has 0 radical (unpaired) electrons. The van der Waals surface area contributed by atoms with Gasteiger partial charge in [-0.15, -0.1) is 0 Å². The lowest BCUT2D eigenvalue weighted by molar-refractivity contribution is 0.591. The van der Waals surface area contributed by atoms with Gasteiger partial charge >= 0.3 is 0 Å². The number of rotatable bonds is 0. The van der Waals surface area contributed by atoms with Crippen molar-refractivity contribution in [3.63, 3.8) is 0 Å². The van der Waals surface area contributed by atoms with Gasteiger partial charge in [0.1, 0.15) is 0 Å². The molecule has 0 N–H and O–H groups in total. The van der Waals surface area contributed by atoms with Gasteiger partial charge in [-0.05, 0) is 65.0 Å². The van der Waals surface area contributed by atoms with Crippen molar-refractivity contribution in [1.82, 2.24) is 0 Å². The van der Waals surface area contributed by atoms with E-state index in [9.17, 15) is 0 Å². The maximum absolute atomic E-state index is 2.39. The van der Waals surface area contributed by atoms with Crippen LogP contribution < -0.4 is 0 Å². The Morgan fingerprint density at radius 2 is 1.03 bits per heavy atom. The first-order valence-corrected chi connectivity index (χ1v) is 11.0. The second-order valence-corrected chi connectivity index (χ2v) is 10.7. The third-order valence-corrected chi connectivity index (χ3v) is 6.53. The summed E-state index contributed by atoms with van der Waals surface area (Å²) in [6.07, 6.45) is 0. The van der Waals surface area contributed by atoms with E-state index in [0.29, 0.717) is 0 Å². The molecule has 0 nitrogen and oxygen atoms in total. The molecule has 0 aliphatic carbocycles. The van der Waals surface area contributed by atoms with E-state index >= 15 is 0 Å². The Labute approximate surface area is 179 Å². The minimum atomic E-state index is 0.105. The van der Waals surface area contributed by atoms with Crippen molar-refractivity contribution in [2.75, 3.05) is 0 Å². The summed E-state index contributed by atoms with van der Waals surface area (Å²) in [7, 11) is 0. The molecule has 0 bridgehead atoms. The molecule has 0 fully saturated rings. The van der Waals surface area contributed by atoms with Crippen LogP contribution in [-0.2, 0) is 10.8 Å². The average molecular weight is 391 g/mol. The quantitative estimate of drug-likeness (QED) is 0.232. The summed E-state index contributed by atoms with van der Waals surface area (Å²) < 4.78 is 0. The Balaban J connectivity index is 1.92. The monoisotopic (exact) mass is 390 g/mol. The molecule has 0 heterocycles. The average Bonchev–Trinajstić information content (AvgIpc) is 2.70. The van der Waals surface area contributed by atoms with Crippen molar-refractivity contribution >= 4 is 43.1 Å². The molecule has 5 aromatic carbocycles. The molecular formula is C30H30. The maximum Gasteiger partial charge on any atom is -0.00677 e. The number of hydrogen-bond acceptors (Lipinski definition) is 0. The Bertz CT molecular complexity index is 1440. The van der Waals surface area contributed by atoms with E-state index in [-0.39, 0.29) is 10.8 Å². The Hall–Kier alpha value is -2.86. The van der Waals surface area contributed by atoms with Crippen LogP contribution >= 0.6 is 0 Å². The first kappa shape index (κ1) is 19.1. The molecule has 0 aliphatic heterocycles. The molecule has 0 atom stereocenters. The summed E-state index contributed by atoms with van der Waals surface area (Å²) in [6.45, 7) is 13.8. The first-order chi connectivity index (χ1) is 14.1. The van der Waals surface area contributed by atoms with Gasteiger partial charge in [0, 0.05) is 0 Å². The van der Waals surface area contributed by atoms with E-state index in [1.54, 1.807) is 0 Å². The number of fused-ring (bicyclic) bond motifs is 7. The minimum absolute atomic E-state index is 0.105. The summed E-state index contributed by atoms with van der Waals surface area (Å²) in [5.74, 6) is 0. The lowest BCUT2D eigenvalue weighted by atomic mass is 9.81. The lowest BCUT2D eigenvalue weighted by Gasteiger charge is -2.23. The fourth-order valence-corrected chi connectivity index (χ4v) is 4.83. The molecule has 0 spiro atoms. The van der Waals surface area contributed by atoms with Crippen LogP contribution in [0.25, 0.3) is 43.1 Å². The van der Waals surface area contributed by atoms with Crippen molar-refractivity contribution in [3.8, 4) is 0 Å². The number of benzene rings is 5. The van der Waals surface area contributed by atoms with Crippen molar-refractivity contribution in [2.45, 2.75) is 52.4 Å². The van der Waals surface area contributed by atoms with Crippen LogP contribution in [0.5, 0.6) is 0 Å². The third-order valence-electron chi connectivity index (χ3n) is 6.53. The normalized spacial score (nSPS) is 13.0. The van der Waals surface area contributed by atoms with Crippen LogP contribution in [0.4, 0.5) is 0 Å². The third kappa shape index (κ3) is 2.89. The number of hydrogen-bond donors (Lipinski definition) is 0. The van der Waals surface area contributed by atoms with Crippen LogP contribution in [0.1, 0.15) is 52.7 Å². The highest BCUT2D eigenvalue weighted by molar-refractivity contribution is 6.22. The highest BCUT2D eigenvalue weighted by atomic mass is 14.2. The molecule has 5 rings (SSSR count). The lowest BCUT2D eigenvalue weighted by Crippen LogP contribution is -2.11. The molecule has 150 valence electrons. The Morgan fingerprint density at radius 1 is 0.467 bits per heavy atom. The topological polar surface area (TPSA) is 0 Å². The second-order valence-electron chi connectivity index (χ2n) is 10.7. The van der Waals surface area contributed by atoms with Gasteiger partial charge in [0.15, 0.2) is 0 Å². The van der Waals surface area contributed by atoms with Gasteiger partial charge in [0.05, 0.1) is 0 Å². The fraction of sp³-hybridized carbons (Fsp3) is 0.267. The van der Waals surface area contributed by atoms with Gasteiger partial charge in [0.2, 0.25) is 0 Å². The van der Waals surface area contributed by atoms with Gasteiger partial charge in [-0.2, -0.15) is 0 Å². The smallest absolute Gasteiger partial charge is 0.00677 e. The predicted octanol–water partition coefficient (Wildman–Crippen LogP) is 8.89. The minimum Gasteiger partial charge on any atom is -0.0613 e. The second kappa shape index (κ2) is 6.32. The molecule has 30 heavy (non-hydrogen) atoms. The van der Waals surface area contributed by atoms with E-state index in [0.717, 1.165) is 0 Å². The van der Waals surface area contributed by atoms with E-state index in [1.807, 2.05) is 0 Å². The van der Waals surface area contributed by atoms with Crippen molar-refractivity contribution < 1.29 is 0 Å². The van der Waals surface area contributed by atoms with Crippen LogP contribution in [0.15, 0.2) is 72.8 Å². The molecule has 5 aromatic rings. The zero-order chi connectivity index (χ0) is 21.3. The van der Waals surface area contributed by atoms with E-state index in [1.165, 1.54) is 54.2 Å². The highest BCUT2D eigenvalue weighted by Crippen LogP contribution is 2.39. The summed E-state index contributed by atoms with van der Waals surface area (Å²) in [5.41, 5.74) is 3.05. The zero-order valence-electron chi connectivity index (χ0n) is 18.9. The Morgan fingerprint density at radius 3 is 1.73 bits per heavy atom. The summed E-state index contributed by atoms with van der Waals surface area (Å²) in [6, 6.07) is 27.5. The summed E-state index contributed by atoms with van der Waals surface area (Å²) in [5, 5.41) is 10.8. The van der Waals surface area contributed by atoms with Crippen LogP contribution in [-0.4, -0.2) is 0 Å². The molecule has 0 aliphatic rings. The van der Waals surface area contributed by atoms with Gasteiger partial charge in [-0.1, -0.05) is 114 Å². The summed E-state index contributed by atoms with van der Waals surface area (Å²) >= 11 is 0. The Kier molecular flexibility index (Phi) is 4.03. The zero-order valence-corrected chi connectivity index (χ0v) is 18.9. The van der Waals surface area contributed by atoms with Crippen LogP contribution in [0, 0.1) is 0 Å². The van der Waals surface area contributed by atoms with E-state index in [2.05, 4.69) is 114 Å². The highest BCUT2D eigenvalue weighted by Gasteiger charge is 2.19. The predicted molar refractivity (Wildman–Crippen MR) is 134 cm³/mol. The molecule has 0 amide bonds. The van der Waals surface area contributed by atoms with Crippen molar-refractivity contribution in [2.24, 2.45) is 0 Å². The van der Waals surface area contributed by atoms with E-state index < -0.39 is 0 Å². The van der Waals surface area contributed by atoms with E-state index in [4.69, 9.17) is 0 Å². The maximum atomic E-state index is 2.39. The SMILES string of the molecule is CC(C)(C)c1ccc2ccc3c(ccc4c3ccc3cccc(C(C)(C)C)c34)c2c1. The van der Waals surface area contributed by atoms with Crippen molar-refractivity contribution in [1.29, 1.82) is 0 Å². The van der Waals surface area contributed by atoms with Crippen LogP contribution in [0.2, 0.25) is 0 Å². The summed E-state index contributed by atoms with van der Waals surface area (Å²) in [4.78, 5) is 0. The van der Waals surface area contributed by atoms with Gasteiger partial charge in [-0.25, -0.2) is 0 Å². The molecule has 0 heteroatoms. The molecule has 0 saturated carbocycles. The van der Waals surface area contributed by atoms with Gasteiger partial charge < -0.3 is 0 Å². The molecule has 0 saturated heterocycles. The fourth-order valence-electron chi connectivity index (χ4n) is 4.83. The standard InChI is InChI=1S/C30H30/c1-29(2,3)21-13-10-19-11-14-22-23-15-12-20-8-7-9-27(30(4,5)6)28(20)25(23)17-16-24(22)26(19)18-21/h7-18H,1-6H3. The van der Waals surface area contributed by atoms with Gasteiger partial charge in [0.25, 0.3) is 0 Å². The molecular weight excluding hydrogens is 360 g/mol. The van der Waals surface area contributed by atoms with Crippen molar-refractivity contribution in [3.05, 3.63) is 83.9 Å². The van der Waals surface area contributed by atoms with Gasteiger partial charge in [-0.3, -0.25) is 0 Å². The molecule has 0 unspecified atom stereocenters. The largest absolute Gasteiger partial charge is 0.0613 e. The molecule has 0 aromatic heterocycles. The first-order valence-electron chi connectivity index (χ1n) is 11.0.